The zero-order valence-electron chi connectivity index (χ0n) is 21.0. The Morgan fingerprint density at radius 1 is 1.06 bits per heavy atom. The highest BCUT2D eigenvalue weighted by atomic mass is 16.5. The molecule has 4 rings (SSSR count). The second-order valence-corrected chi connectivity index (χ2v) is 10.4. The molecule has 0 spiro atoms. The zero-order chi connectivity index (χ0) is 24.4. The number of nitrogens with one attached hydrogen (secondary N) is 1. The van der Waals surface area contributed by atoms with Gasteiger partial charge in [0, 0.05) is 18.2 Å². The predicted octanol–water partition coefficient (Wildman–Crippen LogP) is 2.99. The van der Waals surface area contributed by atoms with Crippen LogP contribution in [0.4, 0.5) is 0 Å². The predicted molar refractivity (Wildman–Crippen MR) is 131 cm³/mol. The number of nitrogens with zero attached hydrogens (tertiary/aromatic N) is 2. The molecule has 0 aromatic heterocycles. The summed E-state index contributed by atoms with van der Waals surface area (Å²) in [5.74, 6) is 0.0150. The van der Waals surface area contributed by atoms with E-state index in [1.165, 1.54) is 5.56 Å². The van der Waals surface area contributed by atoms with E-state index in [-0.39, 0.29) is 36.2 Å². The first-order chi connectivity index (χ1) is 16.3. The molecule has 2 amide bonds. The summed E-state index contributed by atoms with van der Waals surface area (Å²) >= 11 is 0. The van der Waals surface area contributed by atoms with Gasteiger partial charge in [-0.2, -0.15) is 0 Å². The van der Waals surface area contributed by atoms with E-state index < -0.39 is 12.1 Å². The van der Waals surface area contributed by atoms with Crippen molar-refractivity contribution < 1.29 is 19.1 Å². The van der Waals surface area contributed by atoms with Crippen molar-refractivity contribution in [3.63, 3.8) is 0 Å². The molecule has 1 N–H and O–H groups in total. The molecule has 34 heavy (non-hydrogen) atoms. The van der Waals surface area contributed by atoms with Crippen molar-refractivity contribution in [2.24, 2.45) is 5.92 Å². The van der Waals surface area contributed by atoms with E-state index in [1.807, 2.05) is 26.0 Å². The third-order valence-corrected chi connectivity index (χ3v) is 8.06. The molecular formula is C27H39N3O4. The summed E-state index contributed by atoms with van der Waals surface area (Å²) in [5, 5.41) is 2.98. The molecule has 3 fully saturated rings. The molecule has 0 radical (unpaired) electrons. The summed E-state index contributed by atoms with van der Waals surface area (Å²) in [6.45, 7) is 11.2. The lowest BCUT2D eigenvalue weighted by Gasteiger charge is -2.34. The van der Waals surface area contributed by atoms with Gasteiger partial charge in [-0.3, -0.25) is 14.4 Å². The molecule has 1 aromatic carbocycles. The van der Waals surface area contributed by atoms with Gasteiger partial charge in [-0.05, 0) is 75.7 Å². The van der Waals surface area contributed by atoms with Crippen LogP contribution in [0.2, 0.25) is 0 Å². The summed E-state index contributed by atoms with van der Waals surface area (Å²) < 4.78 is 5.53. The Labute approximate surface area is 203 Å². The molecule has 3 aliphatic heterocycles. The van der Waals surface area contributed by atoms with Crippen molar-refractivity contribution in [1.29, 1.82) is 0 Å². The highest BCUT2D eigenvalue weighted by Crippen LogP contribution is 2.30. The van der Waals surface area contributed by atoms with Gasteiger partial charge >= 0.3 is 0 Å². The molecular weight excluding hydrogens is 430 g/mol. The number of rotatable bonds is 7. The first kappa shape index (κ1) is 24.9. The number of ketones is 1. The van der Waals surface area contributed by atoms with E-state index in [2.05, 4.69) is 36.2 Å². The topological polar surface area (TPSA) is 79.0 Å². The van der Waals surface area contributed by atoms with Gasteiger partial charge in [0.15, 0.2) is 5.78 Å². The monoisotopic (exact) mass is 469 g/mol. The molecule has 4 atom stereocenters. The number of amides is 2. The van der Waals surface area contributed by atoms with Crippen molar-refractivity contribution >= 4 is 17.6 Å². The lowest BCUT2D eigenvalue weighted by atomic mass is 9.88. The minimum absolute atomic E-state index is 0.0418. The number of likely N-dealkylation sites (tertiary alicyclic amines) is 2. The van der Waals surface area contributed by atoms with Crippen LogP contribution in [-0.2, 0) is 14.3 Å². The molecule has 3 saturated heterocycles. The maximum Gasteiger partial charge on any atom is 0.251 e. The number of hydrogen-bond donors (Lipinski definition) is 1. The normalized spacial score (nSPS) is 25.4. The Morgan fingerprint density at radius 3 is 2.35 bits per heavy atom. The minimum Gasteiger partial charge on any atom is -0.368 e. The van der Waals surface area contributed by atoms with Gasteiger partial charge in [0.05, 0.1) is 6.10 Å². The summed E-state index contributed by atoms with van der Waals surface area (Å²) in [4.78, 5) is 43.0. The van der Waals surface area contributed by atoms with Crippen LogP contribution in [0.5, 0.6) is 0 Å². The van der Waals surface area contributed by atoms with Gasteiger partial charge in [-0.15, -0.1) is 0 Å². The van der Waals surface area contributed by atoms with Crippen LogP contribution in [0, 0.1) is 5.92 Å². The van der Waals surface area contributed by atoms with Crippen LogP contribution in [0.1, 0.15) is 75.2 Å². The Bertz CT molecular complexity index is 892. The van der Waals surface area contributed by atoms with Gasteiger partial charge in [0.25, 0.3) is 5.91 Å². The minimum atomic E-state index is -0.662. The molecule has 1 aromatic rings. The number of carbonyl (C=O) groups is 3. The number of carbonyl (C=O) groups excluding carboxylic acids is 3. The zero-order valence-corrected chi connectivity index (χ0v) is 21.0. The standard InChI is InChI=1S/C27H39N3O4/c1-5-18(4)24(27(33)30-15-12-23-25(30)22(31)16-34-23)28-26(32)21-8-6-19(7-9-21)20-10-13-29(14-11-20)17(2)3/h6-9,17-18,20,23-25H,5,10-16H2,1-4H3,(H,28,32)/t18?,23-,24?,25-/m1/s1. The third-order valence-electron chi connectivity index (χ3n) is 8.06. The van der Waals surface area contributed by atoms with E-state index in [1.54, 1.807) is 4.90 Å². The highest BCUT2D eigenvalue weighted by molar-refractivity contribution is 5.99. The largest absolute Gasteiger partial charge is 0.368 e. The van der Waals surface area contributed by atoms with E-state index in [4.69, 9.17) is 4.74 Å². The van der Waals surface area contributed by atoms with E-state index in [9.17, 15) is 14.4 Å². The third kappa shape index (κ3) is 5.05. The van der Waals surface area contributed by atoms with Crippen molar-refractivity contribution in [1.82, 2.24) is 15.1 Å². The van der Waals surface area contributed by atoms with Crippen molar-refractivity contribution in [2.45, 2.75) is 83.5 Å². The lowest BCUT2D eigenvalue weighted by molar-refractivity contribution is -0.139. The van der Waals surface area contributed by atoms with E-state index in [0.717, 1.165) is 32.4 Å². The average Bonchev–Trinajstić information content (AvgIpc) is 3.44. The van der Waals surface area contributed by atoms with Gasteiger partial charge in [-0.1, -0.05) is 32.4 Å². The van der Waals surface area contributed by atoms with E-state index in [0.29, 0.717) is 30.5 Å². The maximum atomic E-state index is 13.4. The summed E-state index contributed by atoms with van der Waals surface area (Å²) in [6.07, 6.45) is 3.48. The SMILES string of the molecule is CCC(C)C(NC(=O)c1ccc(C2CCN(C(C)C)CC2)cc1)C(=O)N1CC[C@H]2OCC(=O)[C@H]21. The summed E-state index contributed by atoms with van der Waals surface area (Å²) in [7, 11) is 0. The van der Waals surface area contributed by atoms with Gasteiger partial charge in [0.1, 0.15) is 18.7 Å². The fourth-order valence-corrected chi connectivity index (χ4v) is 5.58. The first-order valence-electron chi connectivity index (χ1n) is 12.9. The summed E-state index contributed by atoms with van der Waals surface area (Å²) in [6, 6.07) is 7.28. The Kier molecular flexibility index (Phi) is 7.73. The number of benzene rings is 1. The molecule has 2 unspecified atom stereocenters. The van der Waals surface area contributed by atoms with Gasteiger partial charge in [-0.25, -0.2) is 0 Å². The molecule has 3 aliphatic rings. The molecule has 0 saturated carbocycles. The lowest BCUT2D eigenvalue weighted by Crippen LogP contribution is -2.54. The van der Waals surface area contributed by atoms with Crippen LogP contribution in [0.25, 0.3) is 0 Å². The fourth-order valence-electron chi connectivity index (χ4n) is 5.58. The van der Waals surface area contributed by atoms with Crippen molar-refractivity contribution in [2.75, 3.05) is 26.2 Å². The Balaban J connectivity index is 1.41. The molecule has 7 nitrogen and oxygen atoms in total. The number of hydrogen-bond acceptors (Lipinski definition) is 5. The maximum absolute atomic E-state index is 13.4. The second kappa shape index (κ2) is 10.6. The molecule has 7 heteroatoms. The summed E-state index contributed by atoms with van der Waals surface area (Å²) in [5.41, 5.74) is 1.83. The molecule has 3 heterocycles. The number of piperidine rings is 1. The van der Waals surface area contributed by atoms with E-state index >= 15 is 0 Å². The van der Waals surface area contributed by atoms with Crippen LogP contribution in [0.15, 0.2) is 24.3 Å². The molecule has 0 bridgehead atoms. The second-order valence-electron chi connectivity index (χ2n) is 10.4. The average molecular weight is 470 g/mol. The molecule has 186 valence electrons. The van der Waals surface area contributed by atoms with Crippen molar-refractivity contribution in [3.8, 4) is 0 Å². The van der Waals surface area contributed by atoms with Gasteiger partial charge < -0.3 is 19.9 Å². The van der Waals surface area contributed by atoms with Crippen molar-refractivity contribution in [3.05, 3.63) is 35.4 Å². The van der Waals surface area contributed by atoms with Crippen LogP contribution < -0.4 is 5.32 Å². The van der Waals surface area contributed by atoms with Crippen LogP contribution in [0.3, 0.4) is 0 Å². The first-order valence-corrected chi connectivity index (χ1v) is 12.9. The highest BCUT2D eigenvalue weighted by Gasteiger charge is 2.48. The van der Waals surface area contributed by atoms with Gasteiger partial charge in [0.2, 0.25) is 5.91 Å². The van der Waals surface area contributed by atoms with Crippen LogP contribution in [-0.4, -0.2) is 77.9 Å². The number of ether oxygens (including phenoxy) is 1. The van der Waals surface area contributed by atoms with Crippen LogP contribution >= 0.6 is 0 Å². The quantitative estimate of drug-likeness (QED) is 0.664. The number of fused-ring (bicyclic) bond motifs is 1. The number of Topliss-reactive ketones (excluding diaryl/α,β-unsaturated/α-hetero) is 1. The Morgan fingerprint density at radius 2 is 1.74 bits per heavy atom. The Hall–Kier alpha value is -2.25. The molecule has 0 aliphatic carbocycles. The fraction of sp³-hybridized carbons (Fsp3) is 0.667. The smallest absolute Gasteiger partial charge is 0.251 e.